The first kappa shape index (κ1) is 29.7. The van der Waals surface area contributed by atoms with Gasteiger partial charge in [0.15, 0.2) is 15.6 Å². The number of rotatable bonds is 8. The van der Waals surface area contributed by atoms with Crippen LogP contribution in [0.25, 0.3) is 11.1 Å². The fraction of sp³-hybridized carbons (Fsp3) is 0.483. The van der Waals surface area contributed by atoms with Crippen LogP contribution < -0.4 is 16.4 Å². The van der Waals surface area contributed by atoms with Crippen LogP contribution >= 0.6 is 0 Å². The Balaban J connectivity index is 1.48. The first-order valence-electron chi connectivity index (χ1n) is 13.3. The lowest BCUT2D eigenvalue weighted by atomic mass is 9.88. The van der Waals surface area contributed by atoms with E-state index in [1.54, 1.807) is 20.8 Å². The Labute approximate surface area is 234 Å². The number of nitrogens with two attached hydrogens (primary N) is 1. The van der Waals surface area contributed by atoms with Crippen molar-refractivity contribution in [3.8, 4) is 11.1 Å². The van der Waals surface area contributed by atoms with Crippen LogP contribution in [0.4, 0.5) is 4.79 Å². The maximum atomic E-state index is 13.5. The van der Waals surface area contributed by atoms with Crippen LogP contribution in [0, 0.1) is 0 Å². The van der Waals surface area contributed by atoms with Crippen LogP contribution in [-0.2, 0) is 46.8 Å². The predicted octanol–water partition coefficient (Wildman–Crippen LogP) is 2.41. The van der Waals surface area contributed by atoms with Crippen molar-refractivity contribution in [3.05, 3.63) is 59.2 Å². The Morgan fingerprint density at radius 2 is 1.62 bits per heavy atom. The molecule has 0 saturated carbocycles. The molecule has 0 bridgehead atoms. The molecule has 1 unspecified atom stereocenters. The minimum atomic E-state index is -3.09. The van der Waals surface area contributed by atoms with Gasteiger partial charge < -0.3 is 25.8 Å². The first-order valence-corrected chi connectivity index (χ1v) is 15.2. The number of benzene rings is 2. The molecule has 11 heteroatoms. The lowest BCUT2D eigenvalue weighted by Crippen LogP contribution is -2.64. The summed E-state index contributed by atoms with van der Waals surface area (Å²) in [6, 6.07) is 12.3. The fourth-order valence-corrected chi connectivity index (χ4v) is 6.59. The van der Waals surface area contributed by atoms with Gasteiger partial charge in [0.2, 0.25) is 5.91 Å². The number of fused-ring (bicyclic) bond motifs is 1. The van der Waals surface area contributed by atoms with Gasteiger partial charge in [-0.25, -0.2) is 13.2 Å². The van der Waals surface area contributed by atoms with E-state index in [1.165, 1.54) is 0 Å². The second kappa shape index (κ2) is 11.7. The number of alkyl carbamates (subject to hydrolysis) is 1. The van der Waals surface area contributed by atoms with Crippen molar-refractivity contribution >= 4 is 27.6 Å². The van der Waals surface area contributed by atoms with Gasteiger partial charge >= 0.3 is 6.09 Å². The van der Waals surface area contributed by atoms with Crippen LogP contribution in [0.3, 0.4) is 0 Å². The molecule has 2 aromatic rings. The number of Topliss-reactive ketones (excluding diaryl/α,β-unsaturated/α-hetero) is 1. The van der Waals surface area contributed by atoms with Gasteiger partial charge in [-0.05, 0) is 61.1 Å². The van der Waals surface area contributed by atoms with E-state index in [0.29, 0.717) is 0 Å². The molecule has 1 atom stereocenters. The molecule has 216 valence electrons. The summed E-state index contributed by atoms with van der Waals surface area (Å²) in [5.41, 5.74) is 7.92. The predicted molar refractivity (Wildman–Crippen MR) is 150 cm³/mol. The highest BCUT2D eigenvalue weighted by Gasteiger charge is 2.43. The second-order valence-corrected chi connectivity index (χ2v) is 13.5. The Morgan fingerprint density at radius 3 is 2.25 bits per heavy atom. The summed E-state index contributed by atoms with van der Waals surface area (Å²) in [7, 11) is -3.09. The zero-order valence-corrected chi connectivity index (χ0v) is 23.9. The van der Waals surface area contributed by atoms with Crippen LogP contribution in [0.5, 0.6) is 0 Å². The molecule has 4 rings (SSSR count). The minimum absolute atomic E-state index is 0.0488. The number of hydrogen-bond donors (Lipinski definition) is 3. The third-order valence-corrected chi connectivity index (χ3v) is 8.60. The van der Waals surface area contributed by atoms with E-state index in [-0.39, 0.29) is 56.3 Å². The van der Waals surface area contributed by atoms with E-state index >= 15 is 0 Å². The number of carbonyl (C=O) groups excluding carboxylic acids is 3. The fourth-order valence-electron chi connectivity index (χ4n) is 4.99. The van der Waals surface area contributed by atoms with Crippen molar-refractivity contribution in [2.75, 3.05) is 19.8 Å². The van der Waals surface area contributed by atoms with Gasteiger partial charge in [0.05, 0.1) is 24.1 Å². The van der Waals surface area contributed by atoms with Crippen molar-refractivity contribution < 1.29 is 32.3 Å². The van der Waals surface area contributed by atoms with Crippen LogP contribution in [0.2, 0.25) is 0 Å². The number of ketones is 1. The zero-order valence-electron chi connectivity index (χ0n) is 23.1. The van der Waals surface area contributed by atoms with Crippen LogP contribution in [0.15, 0.2) is 42.5 Å². The van der Waals surface area contributed by atoms with Gasteiger partial charge in [-0.1, -0.05) is 36.4 Å². The highest BCUT2D eigenvalue weighted by Crippen LogP contribution is 2.30. The monoisotopic (exact) mass is 571 g/mol. The number of hydrogen-bond acceptors (Lipinski definition) is 8. The summed E-state index contributed by atoms with van der Waals surface area (Å²) in [5.74, 6) is -0.700. The summed E-state index contributed by atoms with van der Waals surface area (Å²) in [4.78, 5) is 38.9. The average molecular weight is 572 g/mol. The number of carbonyl (C=O) groups is 3. The van der Waals surface area contributed by atoms with Gasteiger partial charge in [0.1, 0.15) is 11.1 Å². The van der Waals surface area contributed by atoms with Crippen molar-refractivity contribution in [1.29, 1.82) is 0 Å². The Hall–Kier alpha value is -3.28. The van der Waals surface area contributed by atoms with Gasteiger partial charge in [0.25, 0.3) is 0 Å². The molecule has 2 heterocycles. The third-order valence-electron chi connectivity index (χ3n) is 7.10. The lowest BCUT2D eigenvalue weighted by Gasteiger charge is -2.37. The molecule has 1 saturated heterocycles. The van der Waals surface area contributed by atoms with Gasteiger partial charge in [0, 0.05) is 26.1 Å². The summed E-state index contributed by atoms with van der Waals surface area (Å²) in [6.07, 6.45) is -0.0358. The van der Waals surface area contributed by atoms with E-state index in [4.69, 9.17) is 15.2 Å². The van der Waals surface area contributed by atoms with E-state index in [2.05, 4.69) is 10.6 Å². The van der Waals surface area contributed by atoms with E-state index in [9.17, 15) is 22.8 Å². The molecule has 40 heavy (non-hydrogen) atoms. The number of amides is 2. The molecule has 2 aliphatic rings. The maximum absolute atomic E-state index is 13.5. The maximum Gasteiger partial charge on any atom is 0.408 e. The van der Waals surface area contributed by atoms with E-state index in [0.717, 1.165) is 27.8 Å². The summed E-state index contributed by atoms with van der Waals surface area (Å²) in [6.45, 7) is 5.50. The van der Waals surface area contributed by atoms with Gasteiger partial charge in [-0.3, -0.25) is 9.59 Å². The number of nitrogens with one attached hydrogen (secondary N) is 2. The van der Waals surface area contributed by atoms with Crippen molar-refractivity contribution in [1.82, 2.24) is 10.6 Å². The van der Waals surface area contributed by atoms with E-state index < -0.39 is 39.0 Å². The van der Waals surface area contributed by atoms with Crippen molar-refractivity contribution in [2.24, 2.45) is 5.73 Å². The quantitative estimate of drug-likeness (QED) is 0.437. The normalized spacial score (nSPS) is 18.3. The Bertz CT molecular complexity index is 1380. The zero-order chi connectivity index (χ0) is 29.1. The molecule has 0 aromatic heterocycles. The number of sulfone groups is 1. The highest BCUT2D eigenvalue weighted by atomic mass is 32.2. The summed E-state index contributed by atoms with van der Waals surface area (Å²) >= 11 is 0. The standard InChI is InChI=1S/C29H37N3O7S/c1-28(2,3)39-27(35)32-29(10-12-38-13-11-29)26(34)31-24(25(33)16-30)14-19-4-6-20(7-5-19)21-8-9-22-17-40(36,37)18-23(22)15-21/h4-9,15,24H,10-14,16-18,30H2,1-3H3,(H,31,34)(H,32,35). The highest BCUT2D eigenvalue weighted by molar-refractivity contribution is 7.90. The minimum Gasteiger partial charge on any atom is -0.444 e. The van der Waals surface area contributed by atoms with Gasteiger partial charge in [-0.15, -0.1) is 0 Å². The topological polar surface area (TPSA) is 154 Å². The van der Waals surface area contributed by atoms with Crippen molar-refractivity contribution in [2.45, 2.75) is 68.7 Å². The molecular weight excluding hydrogens is 534 g/mol. The average Bonchev–Trinajstić information content (AvgIpc) is 3.20. The summed E-state index contributed by atoms with van der Waals surface area (Å²) in [5, 5.41) is 5.56. The molecule has 2 amide bonds. The Kier molecular flexibility index (Phi) is 8.67. The second-order valence-electron chi connectivity index (χ2n) is 11.4. The molecule has 2 aliphatic heterocycles. The molecule has 4 N–H and O–H groups in total. The molecule has 0 aliphatic carbocycles. The smallest absolute Gasteiger partial charge is 0.408 e. The molecule has 0 radical (unpaired) electrons. The summed E-state index contributed by atoms with van der Waals surface area (Å²) < 4.78 is 34.7. The largest absolute Gasteiger partial charge is 0.444 e. The molecule has 0 spiro atoms. The Morgan fingerprint density at radius 1 is 1.00 bits per heavy atom. The first-order chi connectivity index (χ1) is 18.8. The number of ether oxygens (including phenoxy) is 2. The molecule has 1 fully saturated rings. The molecular formula is C29H37N3O7S. The van der Waals surface area contributed by atoms with Gasteiger partial charge in [-0.2, -0.15) is 0 Å². The third kappa shape index (κ3) is 7.26. The molecule has 10 nitrogen and oxygen atoms in total. The van der Waals surface area contributed by atoms with Crippen LogP contribution in [-0.4, -0.2) is 63.1 Å². The van der Waals surface area contributed by atoms with Crippen molar-refractivity contribution in [3.63, 3.8) is 0 Å². The SMILES string of the molecule is CC(C)(C)OC(=O)NC1(C(=O)NC(Cc2ccc(-c3ccc4c(c3)CS(=O)(=O)C4)cc2)C(=O)CN)CCOCC1. The van der Waals surface area contributed by atoms with E-state index in [1.807, 2.05) is 42.5 Å². The molecule has 2 aromatic carbocycles. The van der Waals surface area contributed by atoms with Crippen LogP contribution in [0.1, 0.15) is 50.3 Å². The lowest BCUT2D eigenvalue weighted by molar-refractivity contribution is -0.135.